The number of aromatic hydroxyl groups is 1. The molecule has 4 N–H and O–H groups in total. The summed E-state index contributed by atoms with van der Waals surface area (Å²) < 4.78 is 5.06. The Morgan fingerprint density at radius 1 is 1.45 bits per heavy atom. The minimum atomic E-state index is -0.107. The molecule has 1 atom stereocenters. The predicted octanol–water partition coefficient (Wildman–Crippen LogP) is 2.49. The van der Waals surface area contributed by atoms with E-state index in [1.165, 1.54) is 13.2 Å². The maximum absolute atomic E-state index is 11.9. The number of hydrogen-bond acceptors (Lipinski definition) is 4. The Labute approximate surface area is 120 Å². The molecule has 1 unspecified atom stereocenters. The summed E-state index contributed by atoms with van der Waals surface area (Å²) >= 11 is 0. The van der Waals surface area contributed by atoms with E-state index in [1.54, 1.807) is 12.1 Å². The zero-order valence-corrected chi connectivity index (χ0v) is 12.2. The van der Waals surface area contributed by atoms with Crippen LogP contribution in [0.25, 0.3) is 0 Å². The molecule has 112 valence electrons. The van der Waals surface area contributed by atoms with E-state index in [0.29, 0.717) is 30.3 Å². The lowest BCUT2D eigenvalue weighted by atomic mass is 9.96. The molecule has 0 heterocycles. The summed E-state index contributed by atoms with van der Waals surface area (Å²) in [6.45, 7) is 2.75. The Hall–Kier alpha value is -1.75. The highest BCUT2D eigenvalue weighted by Gasteiger charge is 2.11. The van der Waals surface area contributed by atoms with Crippen molar-refractivity contribution < 1.29 is 14.6 Å². The molecule has 0 aliphatic carbocycles. The lowest BCUT2D eigenvalue weighted by molar-refractivity contribution is -0.116. The van der Waals surface area contributed by atoms with E-state index in [4.69, 9.17) is 10.5 Å². The zero-order valence-electron chi connectivity index (χ0n) is 12.2. The van der Waals surface area contributed by atoms with Crippen LogP contribution in [0.3, 0.4) is 0 Å². The van der Waals surface area contributed by atoms with Gasteiger partial charge in [0.2, 0.25) is 5.91 Å². The summed E-state index contributed by atoms with van der Waals surface area (Å²) in [7, 11) is 1.54. The summed E-state index contributed by atoms with van der Waals surface area (Å²) in [6, 6.07) is 4.74. The molecule has 20 heavy (non-hydrogen) atoms. The summed E-state index contributed by atoms with van der Waals surface area (Å²) in [5.41, 5.74) is 5.92. The quantitative estimate of drug-likeness (QED) is 0.639. The van der Waals surface area contributed by atoms with Crippen molar-refractivity contribution in [1.29, 1.82) is 0 Å². The van der Waals surface area contributed by atoms with Crippen LogP contribution < -0.4 is 15.8 Å². The van der Waals surface area contributed by atoms with Crippen molar-refractivity contribution in [1.82, 2.24) is 0 Å². The number of carbonyl (C=O) groups is 1. The summed E-state index contributed by atoms with van der Waals surface area (Å²) in [5, 5.41) is 12.4. The van der Waals surface area contributed by atoms with Gasteiger partial charge in [0.05, 0.1) is 12.8 Å². The third-order valence-electron chi connectivity index (χ3n) is 3.41. The molecular weight excluding hydrogens is 256 g/mol. The van der Waals surface area contributed by atoms with E-state index >= 15 is 0 Å². The highest BCUT2D eigenvalue weighted by Crippen LogP contribution is 2.28. The third-order valence-corrected chi connectivity index (χ3v) is 3.41. The molecule has 0 aromatic heterocycles. The first-order valence-corrected chi connectivity index (χ1v) is 6.97. The molecule has 0 saturated carbocycles. The molecule has 1 aromatic carbocycles. The van der Waals surface area contributed by atoms with Gasteiger partial charge in [0, 0.05) is 12.5 Å². The Morgan fingerprint density at radius 2 is 2.20 bits per heavy atom. The maximum Gasteiger partial charge on any atom is 0.224 e. The normalized spacial score (nSPS) is 11.9. The largest absolute Gasteiger partial charge is 0.506 e. The van der Waals surface area contributed by atoms with Gasteiger partial charge in [-0.1, -0.05) is 13.3 Å². The van der Waals surface area contributed by atoms with Gasteiger partial charge < -0.3 is 20.9 Å². The number of rotatable bonds is 8. The second kappa shape index (κ2) is 8.43. The van der Waals surface area contributed by atoms with Gasteiger partial charge in [0.25, 0.3) is 0 Å². The van der Waals surface area contributed by atoms with Crippen molar-refractivity contribution in [3.05, 3.63) is 18.2 Å². The molecule has 0 bridgehead atoms. The standard InChI is InChI=1S/C15H24N2O3/c1-3-11(8-9-16)4-7-15(19)17-13-10-12(20-2)5-6-14(13)18/h5-6,10-11,18H,3-4,7-9,16H2,1-2H3,(H,17,19). The number of nitrogens with two attached hydrogens (primary N) is 1. The van der Waals surface area contributed by atoms with E-state index in [0.717, 1.165) is 19.3 Å². The smallest absolute Gasteiger partial charge is 0.224 e. The molecule has 0 saturated heterocycles. The number of methoxy groups -OCH3 is 1. The van der Waals surface area contributed by atoms with Crippen molar-refractivity contribution in [2.24, 2.45) is 11.7 Å². The van der Waals surface area contributed by atoms with Crippen LogP contribution >= 0.6 is 0 Å². The molecule has 0 aliphatic rings. The van der Waals surface area contributed by atoms with E-state index in [-0.39, 0.29) is 11.7 Å². The van der Waals surface area contributed by atoms with Crippen molar-refractivity contribution in [3.63, 3.8) is 0 Å². The van der Waals surface area contributed by atoms with Gasteiger partial charge in [-0.15, -0.1) is 0 Å². The molecule has 1 aromatic rings. The molecule has 1 rings (SSSR count). The Balaban J connectivity index is 2.53. The van der Waals surface area contributed by atoms with E-state index in [9.17, 15) is 9.90 Å². The summed E-state index contributed by atoms with van der Waals surface area (Å²) in [6.07, 6.45) is 3.20. The zero-order chi connectivity index (χ0) is 15.0. The SMILES string of the molecule is CCC(CCN)CCC(=O)Nc1cc(OC)ccc1O. The molecule has 0 spiro atoms. The van der Waals surface area contributed by atoms with Crippen molar-refractivity contribution in [3.8, 4) is 11.5 Å². The van der Waals surface area contributed by atoms with E-state index < -0.39 is 0 Å². The molecule has 0 aliphatic heterocycles. The fourth-order valence-corrected chi connectivity index (χ4v) is 2.08. The van der Waals surface area contributed by atoms with Gasteiger partial charge >= 0.3 is 0 Å². The number of amides is 1. The Kier molecular flexibility index (Phi) is 6.87. The Morgan fingerprint density at radius 3 is 2.80 bits per heavy atom. The second-order valence-electron chi connectivity index (χ2n) is 4.82. The van der Waals surface area contributed by atoms with Crippen molar-refractivity contribution >= 4 is 11.6 Å². The number of ether oxygens (including phenoxy) is 1. The number of phenolic OH excluding ortho intramolecular Hbond substituents is 1. The maximum atomic E-state index is 11.9. The minimum Gasteiger partial charge on any atom is -0.506 e. The van der Waals surface area contributed by atoms with E-state index in [1.807, 2.05) is 0 Å². The van der Waals surface area contributed by atoms with Gasteiger partial charge in [0.15, 0.2) is 0 Å². The predicted molar refractivity (Wildman–Crippen MR) is 80.0 cm³/mol. The fraction of sp³-hybridized carbons (Fsp3) is 0.533. The average Bonchev–Trinajstić information content (AvgIpc) is 2.45. The first-order chi connectivity index (χ1) is 9.60. The van der Waals surface area contributed by atoms with E-state index in [2.05, 4.69) is 12.2 Å². The highest BCUT2D eigenvalue weighted by atomic mass is 16.5. The molecule has 5 nitrogen and oxygen atoms in total. The van der Waals surface area contributed by atoms with Crippen molar-refractivity contribution in [2.45, 2.75) is 32.6 Å². The monoisotopic (exact) mass is 280 g/mol. The van der Waals surface area contributed by atoms with Crippen LogP contribution in [0.5, 0.6) is 11.5 Å². The first-order valence-electron chi connectivity index (χ1n) is 6.97. The number of nitrogens with one attached hydrogen (secondary N) is 1. The van der Waals surface area contributed by atoms with Crippen LogP contribution in [-0.4, -0.2) is 24.7 Å². The molecule has 0 radical (unpaired) electrons. The number of anilines is 1. The first kappa shape index (κ1) is 16.3. The second-order valence-corrected chi connectivity index (χ2v) is 4.82. The van der Waals surface area contributed by atoms with Crippen LogP contribution in [0, 0.1) is 5.92 Å². The fourth-order valence-electron chi connectivity index (χ4n) is 2.08. The third kappa shape index (κ3) is 5.09. The van der Waals surface area contributed by atoms with Gasteiger partial charge in [0.1, 0.15) is 11.5 Å². The minimum absolute atomic E-state index is 0.0353. The van der Waals surface area contributed by atoms with Crippen LogP contribution in [0.2, 0.25) is 0 Å². The van der Waals surface area contributed by atoms with Crippen LogP contribution in [0.15, 0.2) is 18.2 Å². The molecule has 0 fully saturated rings. The number of benzene rings is 1. The highest BCUT2D eigenvalue weighted by molar-refractivity contribution is 5.92. The van der Waals surface area contributed by atoms with Gasteiger partial charge in [-0.05, 0) is 37.4 Å². The van der Waals surface area contributed by atoms with Gasteiger partial charge in [-0.3, -0.25) is 4.79 Å². The topological polar surface area (TPSA) is 84.6 Å². The summed E-state index contributed by atoms with van der Waals surface area (Å²) in [5.74, 6) is 0.995. The van der Waals surface area contributed by atoms with Gasteiger partial charge in [-0.2, -0.15) is 0 Å². The number of carbonyl (C=O) groups excluding carboxylic acids is 1. The van der Waals surface area contributed by atoms with Crippen LogP contribution in [0.1, 0.15) is 32.6 Å². The molecular formula is C15H24N2O3. The summed E-state index contributed by atoms with van der Waals surface area (Å²) in [4.78, 5) is 11.9. The van der Waals surface area contributed by atoms with Crippen LogP contribution in [0.4, 0.5) is 5.69 Å². The van der Waals surface area contributed by atoms with Crippen molar-refractivity contribution in [2.75, 3.05) is 19.0 Å². The molecule has 5 heteroatoms. The number of hydrogen-bond donors (Lipinski definition) is 3. The lowest BCUT2D eigenvalue weighted by Crippen LogP contribution is -2.15. The number of phenols is 1. The Bertz CT molecular complexity index is 435. The van der Waals surface area contributed by atoms with Gasteiger partial charge in [-0.25, -0.2) is 0 Å². The molecule has 1 amide bonds. The van der Waals surface area contributed by atoms with Crippen LogP contribution in [-0.2, 0) is 4.79 Å². The lowest BCUT2D eigenvalue weighted by Gasteiger charge is -2.14. The average molecular weight is 280 g/mol.